The van der Waals surface area contributed by atoms with E-state index in [-0.39, 0.29) is 16.3 Å². The number of halogens is 3. The maximum absolute atomic E-state index is 12.6. The molecule has 1 aliphatic heterocycles. The lowest BCUT2D eigenvalue weighted by atomic mass is 10.1. The average molecular weight is 304 g/mol. The molecule has 1 unspecified atom stereocenters. The summed E-state index contributed by atoms with van der Waals surface area (Å²) in [5, 5.41) is 32.0. The van der Waals surface area contributed by atoms with E-state index in [1.54, 1.807) is 0 Å². The fourth-order valence-corrected chi connectivity index (χ4v) is 1.89. The van der Waals surface area contributed by atoms with Crippen molar-refractivity contribution in [2.45, 2.75) is 25.2 Å². The van der Waals surface area contributed by atoms with Gasteiger partial charge in [0.2, 0.25) is 0 Å². The Morgan fingerprint density at radius 1 is 1.38 bits per heavy atom. The minimum absolute atomic E-state index is 0.266. The van der Waals surface area contributed by atoms with Crippen LogP contribution in [-0.4, -0.2) is 43.8 Å². The summed E-state index contributed by atoms with van der Waals surface area (Å²) >= 11 is 0. The third-order valence-electron chi connectivity index (χ3n) is 2.91. The van der Waals surface area contributed by atoms with Crippen LogP contribution in [0.3, 0.4) is 0 Å². The highest BCUT2D eigenvalue weighted by atomic mass is 19.4. The Morgan fingerprint density at radius 3 is 2.48 bits per heavy atom. The number of carbonyl (C=O) groups excluding carboxylic acids is 1. The second kappa shape index (κ2) is 4.62. The van der Waals surface area contributed by atoms with Crippen LogP contribution in [0.5, 0.6) is 11.5 Å². The molecule has 1 atom stereocenters. The summed E-state index contributed by atoms with van der Waals surface area (Å²) in [6.07, 6.45) is -5.64. The molecule has 3 N–H and O–H groups in total. The zero-order valence-electron chi connectivity index (χ0n) is 10.7. The monoisotopic (exact) mass is 304 g/mol. The van der Waals surface area contributed by atoms with Crippen LogP contribution in [0.4, 0.5) is 13.2 Å². The number of amides is 1. The van der Waals surface area contributed by atoms with Crippen LogP contribution in [0, 0.1) is 0 Å². The Balaban J connectivity index is 2.40. The van der Waals surface area contributed by atoms with Gasteiger partial charge in [-0.3, -0.25) is 4.79 Å². The van der Waals surface area contributed by atoms with E-state index in [4.69, 9.17) is 5.11 Å². The van der Waals surface area contributed by atoms with E-state index >= 15 is 0 Å². The molecule has 1 aromatic rings. The van der Waals surface area contributed by atoms with E-state index in [1.807, 2.05) is 0 Å². The molecule has 0 spiro atoms. The van der Waals surface area contributed by atoms with Crippen molar-refractivity contribution in [2.75, 3.05) is 0 Å². The van der Waals surface area contributed by atoms with E-state index in [0.29, 0.717) is 0 Å². The van der Waals surface area contributed by atoms with Gasteiger partial charge in [-0.1, -0.05) is 0 Å². The molecule has 0 fully saturated rings. The topological polar surface area (TPSA) is 93.4 Å². The van der Waals surface area contributed by atoms with Crippen molar-refractivity contribution in [1.29, 1.82) is 0 Å². The lowest BCUT2D eigenvalue weighted by Crippen LogP contribution is -2.43. The van der Waals surface area contributed by atoms with Gasteiger partial charge in [-0.15, -0.1) is 0 Å². The number of hydrazone groups is 1. The van der Waals surface area contributed by atoms with Gasteiger partial charge in [0, 0.05) is 12.5 Å². The number of aliphatic hydroxyl groups is 1. The minimum Gasteiger partial charge on any atom is -0.508 e. The van der Waals surface area contributed by atoms with E-state index in [0.717, 1.165) is 25.1 Å². The SMILES string of the molecule is CC1(O)CC(C(F)(F)F)=NN1C(=O)c1ccc(O)cc1O. The summed E-state index contributed by atoms with van der Waals surface area (Å²) in [4.78, 5) is 12.1. The molecular weight excluding hydrogens is 293 g/mol. The molecule has 0 bridgehead atoms. The molecule has 2 rings (SSSR count). The Labute approximate surface area is 116 Å². The summed E-state index contributed by atoms with van der Waals surface area (Å²) in [7, 11) is 0. The van der Waals surface area contributed by atoms with Crippen LogP contribution < -0.4 is 0 Å². The van der Waals surface area contributed by atoms with Gasteiger partial charge in [-0.2, -0.15) is 23.3 Å². The van der Waals surface area contributed by atoms with Gasteiger partial charge in [0.25, 0.3) is 5.91 Å². The normalized spacial score (nSPS) is 22.3. The maximum Gasteiger partial charge on any atom is 0.431 e. The van der Waals surface area contributed by atoms with Gasteiger partial charge in [0.15, 0.2) is 5.72 Å². The molecular formula is C12H11F3N2O4. The van der Waals surface area contributed by atoms with E-state index in [9.17, 15) is 28.2 Å². The number of rotatable bonds is 1. The molecule has 0 radical (unpaired) electrons. The lowest BCUT2D eigenvalue weighted by Gasteiger charge is -2.27. The van der Waals surface area contributed by atoms with Crippen molar-refractivity contribution >= 4 is 11.6 Å². The predicted molar refractivity (Wildman–Crippen MR) is 64.7 cm³/mol. The van der Waals surface area contributed by atoms with Crippen molar-refractivity contribution in [3.05, 3.63) is 23.8 Å². The molecule has 0 aromatic heterocycles. The third kappa shape index (κ3) is 2.77. The van der Waals surface area contributed by atoms with Crippen LogP contribution in [-0.2, 0) is 0 Å². The molecule has 6 nitrogen and oxygen atoms in total. The summed E-state index contributed by atoms with van der Waals surface area (Å²) < 4.78 is 37.8. The molecule has 21 heavy (non-hydrogen) atoms. The fourth-order valence-electron chi connectivity index (χ4n) is 1.89. The number of benzene rings is 1. The lowest BCUT2D eigenvalue weighted by molar-refractivity contribution is -0.0679. The molecule has 114 valence electrons. The average Bonchev–Trinajstić information content (AvgIpc) is 2.64. The van der Waals surface area contributed by atoms with Crippen molar-refractivity contribution < 1.29 is 33.3 Å². The Hall–Kier alpha value is -2.29. The highest BCUT2D eigenvalue weighted by Gasteiger charge is 2.50. The fraction of sp³-hybridized carbons (Fsp3) is 0.333. The quantitative estimate of drug-likeness (QED) is 0.734. The van der Waals surface area contributed by atoms with Gasteiger partial charge in [0.1, 0.15) is 17.2 Å². The summed E-state index contributed by atoms with van der Waals surface area (Å²) in [6.45, 7) is 1.00. The standard InChI is InChI=1S/C12H11F3N2O4/c1-11(21)5-9(12(13,14)15)16-17(11)10(20)7-3-2-6(18)4-8(7)19/h2-4,18-19,21H,5H2,1H3. The van der Waals surface area contributed by atoms with Gasteiger partial charge in [0.05, 0.1) is 5.56 Å². The van der Waals surface area contributed by atoms with Crippen LogP contribution in [0.25, 0.3) is 0 Å². The van der Waals surface area contributed by atoms with Crippen LogP contribution in [0.2, 0.25) is 0 Å². The number of aromatic hydroxyl groups is 2. The Kier molecular flexibility index (Phi) is 3.32. The number of nitrogens with zero attached hydrogens (tertiary/aromatic N) is 2. The number of hydrogen-bond donors (Lipinski definition) is 3. The summed E-state index contributed by atoms with van der Waals surface area (Å²) in [5.74, 6) is -2.07. The van der Waals surface area contributed by atoms with Gasteiger partial charge >= 0.3 is 6.18 Å². The first-order chi connectivity index (χ1) is 9.52. The second-order valence-electron chi connectivity index (χ2n) is 4.76. The molecule has 0 saturated heterocycles. The second-order valence-corrected chi connectivity index (χ2v) is 4.76. The highest BCUT2D eigenvalue weighted by molar-refractivity contribution is 6.01. The maximum atomic E-state index is 12.6. The molecule has 1 amide bonds. The third-order valence-corrected chi connectivity index (χ3v) is 2.91. The van der Waals surface area contributed by atoms with Crippen LogP contribution in [0.15, 0.2) is 23.3 Å². The number of phenols is 2. The summed E-state index contributed by atoms with van der Waals surface area (Å²) in [6, 6.07) is 2.95. The van der Waals surface area contributed by atoms with Crippen molar-refractivity contribution in [1.82, 2.24) is 5.01 Å². The minimum atomic E-state index is -4.77. The zero-order valence-corrected chi connectivity index (χ0v) is 10.7. The van der Waals surface area contributed by atoms with Crippen molar-refractivity contribution in [3.8, 4) is 11.5 Å². The predicted octanol–water partition coefficient (Wildman–Crippen LogP) is 1.57. The number of hydrogen-bond acceptors (Lipinski definition) is 5. The molecule has 1 heterocycles. The van der Waals surface area contributed by atoms with Crippen LogP contribution >= 0.6 is 0 Å². The number of alkyl halides is 3. The van der Waals surface area contributed by atoms with Crippen LogP contribution in [0.1, 0.15) is 23.7 Å². The Bertz CT molecular complexity index is 625. The van der Waals surface area contributed by atoms with Gasteiger partial charge in [-0.05, 0) is 19.1 Å². The number of phenolic OH excluding ortho intramolecular Hbond substituents is 2. The molecule has 0 saturated carbocycles. The number of carbonyl (C=O) groups is 1. The molecule has 0 aliphatic carbocycles. The van der Waals surface area contributed by atoms with E-state index in [2.05, 4.69) is 5.10 Å². The molecule has 1 aliphatic rings. The smallest absolute Gasteiger partial charge is 0.431 e. The largest absolute Gasteiger partial charge is 0.508 e. The first-order valence-electron chi connectivity index (χ1n) is 5.76. The first kappa shape index (κ1) is 15.1. The first-order valence-corrected chi connectivity index (χ1v) is 5.76. The molecule has 1 aromatic carbocycles. The van der Waals surface area contributed by atoms with Crippen molar-refractivity contribution in [2.24, 2.45) is 5.10 Å². The van der Waals surface area contributed by atoms with Crippen molar-refractivity contribution in [3.63, 3.8) is 0 Å². The van der Waals surface area contributed by atoms with Gasteiger partial charge < -0.3 is 15.3 Å². The summed E-state index contributed by atoms with van der Waals surface area (Å²) in [5.41, 5.74) is -3.84. The van der Waals surface area contributed by atoms with E-state index in [1.165, 1.54) is 0 Å². The van der Waals surface area contributed by atoms with E-state index < -0.39 is 35.7 Å². The highest BCUT2D eigenvalue weighted by Crippen LogP contribution is 2.35. The Morgan fingerprint density at radius 2 is 2.00 bits per heavy atom. The van der Waals surface area contributed by atoms with Gasteiger partial charge in [-0.25, -0.2) is 0 Å². The zero-order chi connectivity index (χ0) is 16.0. The molecule has 9 heteroatoms.